The lowest BCUT2D eigenvalue weighted by molar-refractivity contribution is -0.118. The van der Waals surface area contributed by atoms with Gasteiger partial charge in [0.25, 0.3) is 0 Å². The van der Waals surface area contributed by atoms with Crippen molar-refractivity contribution in [1.29, 1.82) is 0 Å². The molecule has 0 aliphatic heterocycles. The molecule has 0 unspecified atom stereocenters. The minimum absolute atomic E-state index is 0.186. The van der Waals surface area contributed by atoms with Crippen LogP contribution in [0.15, 0.2) is 24.3 Å². The standard InChI is InChI=1S/C19H29NO2/c1-16-12-10-11-14-18(16)20(3)19(22)15-9-7-5-4-6-8-13-17(2)21/h10-12,14H,4-9,13,15H2,1-3H3. The van der Waals surface area contributed by atoms with Gasteiger partial charge in [-0.25, -0.2) is 0 Å². The maximum absolute atomic E-state index is 12.2. The van der Waals surface area contributed by atoms with Gasteiger partial charge in [-0.1, -0.05) is 43.9 Å². The Hall–Kier alpha value is -1.64. The maximum Gasteiger partial charge on any atom is 0.226 e. The van der Waals surface area contributed by atoms with E-state index in [1.54, 1.807) is 11.8 Å². The van der Waals surface area contributed by atoms with Crippen LogP contribution in [0.5, 0.6) is 0 Å². The SMILES string of the molecule is CC(=O)CCCCCCCCC(=O)N(C)c1ccccc1C. The third kappa shape index (κ3) is 6.88. The van der Waals surface area contributed by atoms with Gasteiger partial charge >= 0.3 is 0 Å². The summed E-state index contributed by atoms with van der Waals surface area (Å²) in [6, 6.07) is 7.97. The quantitative estimate of drug-likeness (QED) is 0.589. The van der Waals surface area contributed by atoms with Crippen molar-refractivity contribution >= 4 is 17.4 Å². The summed E-state index contributed by atoms with van der Waals surface area (Å²) in [6.07, 6.45) is 7.79. The molecule has 1 rings (SSSR count). The summed E-state index contributed by atoms with van der Waals surface area (Å²) in [7, 11) is 1.85. The zero-order chi connectivity index (χ0) is 16.4. The van der Waals surface area contributed by atoms with Crippen LogP contribution in [-0.2, 0) is 9.59 Å². The Morgan fingerprint density at radius 3 is 2.05 bits per heavy atom. The molecule has 0 aromatic heterocycles. The molecule has 0 aliphatic rings. The number of hydrogen-bond acceptors (Lipinski definition) is 2. The monoisotopic (exact) mass is 303 g/mol. The molecule has 0 atom stereocenters. The van der Waals surface area contributed by atoms with E-state index < -0.39 is 0 Å². The summed E-state index contributed by atoms with van der Waals surface area (Å²) in [5, 5.41) is 0. The maximum atomic E-state index is 12.2. The smallest absolute Gasteiger partial charge is 0.226 e. The number of nitrogens with zero attached hydrogens (tertiary/aromatic N) is 1. The molecule has 22 heavy (non-hydrogen) atoms. The van der Waals surface area contributed by atoms with Gasteiger partial charge in [0.15, 0.2) is 0 Å². The van der Waals surface area contributed by atoms with Gasteiger partial charge < -0.3 is 9.69 Å². The number of hydrogen-bond donors (Lipinski definition) is 0. The molecule has 0 radical (unpaired) electrons. The average Bonchev–Trinajstić information content (AvgIpc) is 2.49. The van der Waals surface area contributed by atoms with Gasteiger partial charge in [-0.15, -0.1) is 0 Å². The van der Waals surface area contributed by atoms with Gasteiger partial charge in [-0.2, -0.15) is 0 Å². The number of unbranched alkanes of at least 4 members (excludes halogenated alkanes) is 5. The third-order valence-electron chi connectivity index (χ3n) is 4.02. The van der Waals surface area contributed by atoms with E-state index >= 15 is 0 Å². The van der Waals surface area contributed by atoms with Crippen LogP contribution in [0.3, 0.4) is 0 Å². The van der Waals surface area contributed by atoms with Crippen molar-refractivity contribution in [3.8, 4) is 0 Å². The second-order valence-electron chi connectivity index (χ2n) is 6.06. The lowest BCUT2D eigenvalue weighted by Crippen LogP contribution is -2.26. The number of amides is 1. The van der Waals surface area contributed by atoms with Gasteiger partial charge in [-0.3, -0.25) is 4.79 Å². The van der Waals surface area contributed by atoms with Crippen LogP contribution in [0.4, 0.5) is 5.69 Å². The van der Waals surface area contributed by atoms with E-state index in [1.807, 2.05) is 38.2 Å². The molecular formula is C19H29NO2. The number of anilines is 1. The van der Waals surface area contributed by atoms with Gasteiger partial charge in [-0.05, 0) is 38.3 Å². The average molecular weight is 303 g/mol. The van der Waals surface area contributed by atoms with Crippen molar-refractivity contribution in [2.24, 2.45) is 0 Å². The third-order valence-corrected chi connectivity index (χ3v) is 4.02. The number of aryl methyl sites for hydroxylation is 1. The molecule has 1 aromatic carbocycles. The zero-order valence-electron chi connectivity index (χ0n) is 14.2. The Morgan fingerprint density at radius 2 is 1.45 bits per heavy atom. The van der Waals surface area contributed by atoms with Crippen molar-refractivity contribution < 1.29 is 9.59 Å². The Morgan fingerprint density at radius 1 is 0.909 bits per heavy atom. The van der Waals surface area contributed by atoms with Crippen molar-refractivity contribution in [1.82, 2.24) is 0 Å². The van der Waals surface area contributed by atoms with E-state index in [-0.39, 0.29) is 11.7 Å². The van der Waals surface area contributed by atoms with E-state index in [0.717, 1.165) is 49.8 Å². The van der Waals surface area contributed by atoms with Crippen molar-refractivity contribution in [3.63, 3.8) is 0 Å². The van der Waals surface area contributed by atoms with E-state index in [2.05, 4.69) is 0 Å². The molecule has 3 heteroatoms. The van der Waals surface area contributed by atoms with Crippen molar-refractivity contribution in [2.75, 3.05) is 11.9 Å². The summed E-state index contributed by atoms with van der Waals surface area (Å²) >= 11 is 0. The molecule has 0 heterocycles. The van der Waals surface area contributed by atoms with Crippen LogP contribution < -0.4 is 4.90 Å². The highest BCUT2D eigenvalue weighted by molar-refractivity contribution is 5.93. The molecule has 0 saturated carbocycles. The van der Waals surface area contributed by atoms with Crippen LogP contribution in [0.1, 0.15) is 63.9 Å². The largest absolute Gasteiger partial charge is 0.315 e. The summed E-state index contributed by atoms with van der Waals surface area (Å²) in [5.41, 5.74) is 2.13. The predicted octanol–water partition coefficient (Wildman–Crippen LogP) is 4.67. The highest BCUT2D eigenvalue weighted by atomic mass is 16.2. The lowest BCUT2D eigenvalue weighted by Gasteiger charge is -2.19. The Bertz CT molecular complexity index is 482. The second kappa shape index (κ2) is 10.1. The first-order valence-electron chi connectivity index (χ1n) is 8.34. The van der Waals surface area contributed by atoms with Crippen LogP contribution in [0.25, 0.3) is 0 Å². The highest BCUT2D eigenvalue weighted by Gasteiger charge is 2.11. The highest BCUT2D eigenvalue weighted by Crippen LogP contribution is 2.19. The number of Topliss-reactive ketones (excluding diaryl/α,β-unsaturated/α-hetero) is 1. The van der Waals surface area contributed by atoms with E-state index in [1.165, 1.54) is 0 Å². The molecular weight excluding hydrogens is 274 g/mol. The minimum Gasteiger partial charge on any atom is -0.315 e. The van der Waals surface area contributed by atoms with Crippen LogP contribution in [0.2, 0.25) is 0 Å². The minimum atomic E-state index is 0.186. The fraction of sp³-hybridized carbons (Fsp3) is 0.579. The Kier molecular flexibility index (Phi) is 8.49. The molecule has 3 nitrogen and oxygen atoms in total. The second-order valence-corrected chi connectivity index (χ2v) is 6.06. The molecule has 1 aromatic rings. The summed E-state index contributed by atoms with van der Waals surface area (Å²) in [4.78, 5) is 24.8. The number of rotatable bonds is 10. The van der Waals surface area contributed by atoms with E-state index in [9.17, 15) is 9.59 Å². The predicted molar refractivity (Wildman–Crippen MR) is 92.2 cm³/mol. The number of benzene rings is 1. The van der Waals surface area contributed by atoms with Crippen LogP contribution in [-0.4, -0.2) is 18.7 Å². The normalized spacial score (nSPS) is 10.5. The van der Waals surface area contributed by atoms with E-state index in [0.29, 0.717) is 12.8 Å². The molecule has 0 bridgehead atoms. The molecule has 122 valence electrons. The first-order valence-corrected chi connectivity index (χ1v) is 8.34. The van der Waals surface area contributed by atoms with E-state index in [4.69, 9.17) is 0 Å². The molecule has 0 aliphatic carbocycles. The first kappa shape index (κ1) is 18.4. The summed E-state index contributed by atoms with van der Waals surface area (Å²) in [5.74, 6) is 0.468. The van der Waals surface area contributed by atoms with Crippen LogP contribution in [0, 0.1) is 6.92 Å². The fourth-order valence-corrected chi connectivity index (χ4v) is 2.60. The Balaban J connectivity index is 2.16. The van der Waals surface area contributed by atoms with Crippen molar-refractivity contribution in [3.05, 3.63) is 29.8 Å². The van der Waals surface area contributed by atoms with Gasteiger partial charge in [0, 0.05) is 25.6 Å². The van der Waals surface area contributed by atoms with Gasteiger partial charge in [0.05, 0.1) is 0 Å². The zero-order valence-corrected chi connectivity index (χ0v) is 14.2. The number of carbonyl (C=O) groups excluding carboxylic acids is 2. The summed E-state index contributed by atoms with van der Waals surface area (Å²) in [6.45, 7) is 3.68. The Labute approximate surface area is 134 Å². The molecule has 0 N–H and O–H groups in total. The fourth-order valence-electron chi connectivity index (χ4n) is 2.60. The van der Waals surface area contributed by atoms with Gasteiger partial charge in [0.2, 0.25) is 5.91 Å². The number of para-hydroxylation sites is 1. The first-order chi connectivity index (χ1) is 10.5. The molecule has 1 amide bonds. The lowest BCUT2D eigenvalue weighted by atomic mass is 10.1. The van der Waals surface area contributed by atoms with Crippen molar-refractivity contribution in [2.45, 2.75) is 65.2 Å². The molecule has 0 saturated heterocycles. The van der Waals surface area contributed by atoms with Gasteiger partial charge in [0.1, 0.15) is 5.78 Å². The number of carbonyl (C=O) groups is 2. The number of ketones is 1. The topological polar surface area (TPSA) is 37.4 Å². The van der Waals surface area contributed by atoms with Crippen LogP contribution >= 0.6 is 0 Å². The molecule has 0 spiro atoms. The molecule has 0 fully saturated rings. The summed E-state index contributed by atoms with van der Waals surface area (Å²) < 4.78 is 0.